The Morgan fingerprint density at radius 2 is 2.05 bits per heavy atom. The number of rotatable bonds is 4. The first-order valence-corrected chi connectivity index (χ1v) is 6.02. The number of benzene rings is 1. The molecule has 2 N–H and O–H groups in total. The van der Waals surface area contributed by atoms with Gasteiger partial charge in [-0.1, -0.05) is 5.21 Å². The van der Waals surface area contributed by atoms with Crippen LogP contribution in [0.3, 0.4) is 0 Å². The second kappa shape index (κ2) is 5.00. The Morgan fingerprint density at radius 3 is 2.70 bits per heavy atom. The van der Waals surface area contributed by atoms with Crippen molar-refractivity contribution in [1.29, 1.82) is 0 Å². The van der Waals surface area contributed by atoms with E-state index in [9.17, 15) is 0 Å². The van der Waals surface area contributed by atoms with Gasteiger partial charge in [0.2, 0.25) is 11.6 Å². The third-order valence-electron chi connectivity index (χ3n) is 2.71. The second-order valence-electron chi connectivity index (χ2n) is 3.96. The number of nitrogens with zero attached hydrogens (tertiary/aromatic N) is 5. The summed E-state index contributed by atoms with van der Waals surface area (Å²) in [7, 11) is 0. The lowest BCUT2D eigenvalue weighted by molar-refractivity contribution is 0.307. The van der Waals surface area contributed by atoms with Gasteiger partial charge in [0.25, 0.3) is 0 Å². The van der Waals surface area contributed by atoms with Crippen LogP contribution in [0.4, 0.5) is 5.82 Å². The average molecular weight is 272 g/mol. The fraction of sp³-hybridized carbons (Fsp3) is 0.167. The standard InChI is InChI=1S/C12H12N6O2/c1-2-19-9-5-3-8(4-6-9)10-7-14-17-18(10)12-11(13)15-20-16-12/h3-7H,2H2,1H3,(H2,13,15). The molecular weight excluding hydrogens is 260 g/mol. The van der Waals surface area contributed by atoms with Crippen molar-refractivity contribution in [3.8, 4) is 22.8 Å². The van der Waals surface area contributed by atoms with E-state index < -0.39 is 0 Å². The molecule has 0 unspecified atom stereocenters. The van der Waals surface area contributed by atoms with E-state index in [2.05, 4.69) is 25.3 Å². The van der Waals surface area contributed by atoms with Gasteiger partial charge in [0.1, 0.15) is 5.75 Å². The van der Waals surface area contributed by atoms with Gasteiger partial charge in [-0.15, -0.1) is 5.10 Å². The molecule has 3 rings (SSSR count). The lowest BCUT2D eigenvalue weighted by Gasteiger charge is -2.05. The van der Waals surface area contributed by atoms with Crippen LogP contribution in [0.5, 0.6) is 5.75 Å². The molecule has 102 valence electrons. The Labute approximate surface area is 114 Å². The number of hydrogen-bond acceptors (Lipinski definition) is 7. The van der Waals surface area contributed by atoms with Gasteiger partial charge < -0.3 is 10.5 Å². The Bertz CT molecular complexity index is 703. The van der Waals surface area contributed by atoms with E-state index in [-0.39, 0.29) is 5.82 Å². The molecule has 0 atom stereocenters. The molecule has 0 aliphatic rings. The topological polar surface area (TPSA) is 105 Å². The first-order chi connectivity index (χ1) is 9.79. The Morgan fingerprint density at radius 1 is 1.25 bits per heavy atom. The van der Waals surface area contributed by atoms with Crippen LogP contribution in [-0.2, 0) is 0 Å². The highest BCUT2D eigenvalue weighted by atomic mass is 16.6. The SMILES string of the molecule is CCOc1ccc(-c2cnnn2-c2nonc2N)cc1. The molecule has 0 amide bonds. The van der Waals surface area contributed by atoms with Crippen molar-refractivity contribution in [3.63, 3.8) is 0 Å². The van der Waals surface area contributed by atoms with Crippen LogP contribution >= 0.6 is 0 Å². The zero-order valence-electron chi connectivity index (χ0n) is 10.7. The highest BCUT2D eigenvalue weighted by molar-refractivity contribution is 5.62. The van der Waals surface area contributed by atoms with Gasteiger partial charge in [0, 0.05) is 5.56 Å². The summed E-state index contributed by atoms with van der Waals surface area (Å²) in [5.74, 6) is 1.27. The number of nitrogen functional groups attached to an aromatic ring is 1. The van der Waals surface area contributed by atoms with Crippen LogP contribution < -0.4 is 10.5 Å². The molecule has 3 aromatic rings. The zero-order chi connectivity index (χ0) is 13.9. The van der Waals surface area contributed by atoms with Crippen LogP contribution in [-0.4, -0.2) is 31.9 Å². The van der Waals surface area contributed by atoms with Crippen molar-refractivity contribution in [2.24, 2.45) is 0 Å². The first kappa shape index (κ1) is 12.2. The Kier molecular flexibility index (Phi) is 3.04. The highest BCUT2D eigenvalue weighted by Crippen LogP contribution is 2.24. The number of ether oxygens (including phenoxy) is 1. The molecule has 2 aromatic heterocycles. The van der Waals surface area contributed by atoms with E-state index >= 15 is 0 Å². The maximum absolute atomic E-state index is 5.67. The third kappa shape index (κ3) is 2.07. The smallest absolute Gasteiger partial charge is 0.243 e. The minimum Gasteiger partial charge on any atom is -0.494 e. The van der Waals surface area contributed by atoms with E-state index in [0.717, 1.165) is 17.0 Å². The predicted molar refractivity (Wildman–Crippen MR) is 70.2 cm³/mol. The molecule has 8 nitrogen and oxygen atoms in total. The van der Waals surface area contributed by atoms with Crippen LogP contribution in [0.2, 0.25) is 0 Å². The normalized spacial score (nSPS) is 10.7. The largest absolute Gasteiger partial charge is 0.494 e. The Hall–Kier alpha value is -2.90. The molecule has 0 saturated heterocycles. The van der Waals surface area contributed by atoms with Crippen molar-refractivity contribution in [1.82, 2.24) is 25.3 Å². The minimum absolute atomic E-state index is 0.155. The fourth-order valence-electron chi connectivity index (χ4n) is 1.81. The molecule has 2 heterocycles. The number of anilines is 1. The second-order valence-corrected chi connectivity index (χ2v) is 3.96. The maximum atomic E-state index is 5.67. The van der Waals surface area contributed by atoms with Gasteiger partial charge in [0.05, 0.1) is 18.5 Å². The predicted octanol–water partition coefficient (Wildman–Crippen LogP) is 1.30. The number of hydrogen-bond donors (Lipinski definition) is 1. The molecule has 1 aromatic carbocycles. The minimum atomic E-state index is 0.155. The average Bonchev–Trinajstić information content (AvgIpc) is 3.08. The monoisotopic (exact) mass is 272 g/mol. The van der Waals surface area contributed by atoms with Crippen molar-refractivity contribution >= 4 is 5.82 Å². The maximum Gasteiger partial charge on any atom is 0.243 e. The molecule has 0 fully saturated rings. The van der Waals surface area contributed by atoms with E-state index in [1.807, 2.05) is 31.2 Å². The van der Waals surface area contributed by atoms with Crippen LogP contribution in [0.15, 0.2) is 35.1 Å². The fourth-order valence-corrected chi connectivity index (χ4v) is 1.81. The summed E-state index contributed by atoms with van der Waals surface area (Å²) in [5, 5.41) is 15.1. The summed E-state index contributed by atoms with van der Waals surface area (Å²) in [4.78, 5) is 0. The number of nitrogens with two attached hydrogens (primary N) is 1. The Balaban J connectivity index is 1.99. The quantitative estimate of drug-likeness (QED) is 0.763. The van der Waals surface area contributed by atoms with E-state index in [1.54, 1.807) is 6.20 Å². The summed E-state index contributed by atoms with van der Waals surface area (Å²) in [6.45, 7) is 2.56. The molecule has 0 saturated carbocycles. The summed E-state index contributed by atoms with van der Waals surface area (Å²) in [5.41, 5.74) is 7.30. The molecular formula is C12H12N6O2. The molecule has 8 heteroatoms. The third-order valence-corrected chi connectivity index (χ3v) is 2.71. The summed E-state index contributed by atoms with van der Waals surface area (Å²) < 4.78 is 11.5. The van der Waals surface area contributed by atoms with Crippen molar-refractivity contribution in [2.75, 3.05) is 12.3 Å². The molecule has 0 spiro atoms. The van der Waals surface area contributed by atoms with Gasteiger partial charge in [-0.25, -0.2) is 4.63 Å². The molecule has 0 aliphatic heterocycles. The lowest BCUT2D eigenvalue weighted by Crippen LogP contribution is -2.03. The lowest BCUT2D eigenvalue weighted by atomic mass is 10.1. The molecule has 0 aliphatic carbocycles. The van der Waals surface area contributed by atoms with Crippen LogP contribution in [0, 0.1) is 0 Å². The number of aromatic nitrogens is 5. The summed E-state index contributed by atoms with van der Waals surface area (Å²) >= 11 is 0. The van der Waals surface area contributed by atoms with Crippen molar-refractivity contribution in [3.05, 3.63) is 30.5 Å². The van der Waals surface area contributed by atoms with Crippen LogP contribution in [0.25, 0.3) is 17.1 Å². The highest BCUT2D eigenvalue weighted by Gasteiger charge is 2.15. The van der Waals surface area contributed by atoms with Crippen molar-refractivity contribution < 1.29 is 9.37 Å². The van der Waals surface area contributed by atoms with E-state index in [1.165, 1.54) is 4.68 Å². The van der Waals surface area contributed by atoms with E-state index in [4.69, 9.17) is 10.5 Å². The van der Waals surface area contributed by atoms with Gasteiger partial charge in [-0.05, 0) is 41.5 Å². The summed E-state index contributed by atoms with van der Waals surface area (Å²) in [6, 6.07) is 7.56. The molecule has 20 heavy (non-hydrogen) atoms. The molecule has 0 radical (unpaired) electrons. The van der Waals surface area contributed by atoms with E-state index in [0.29, 0.717) is 12.4 Å². The van der Waals surface area contributed by atoms with Crippen molar-refractivity contribution in [2.45, 2.75) is 6.92 Å². The zero-order valence-corrected chi connectivity index (χ0v) is 10.7. The van der Waals surface area contributed by atoms with Crippen LogP contribution in [0.1, 0.15) is 6.92 Å². The van der Waals surface area contributed by atoms with Gasteiger partial charge in [0.15, 0.2) is 0 Å². The van der Waals surface area contributed by atoms with Gasteiger partial charge in [-0.2, -0.15) is 4.68 Å². The molecule has 0 bridgehead atoms. The van der Waals surface area contributed by atoms with Gasteiger partial charge >= 0.3 is 0 Å². The summed E-state index contributed by atoms with van der Waals surface area (Å²) in [6.07, 6.45) is 1.61. The van der Waals surface area contributed by atoms with Gasteiger partial charge in [-0.3, -0.25) is 0 Å². The first-order valence-electron chi connectivity index (χ1n) is 6.02.